The van der Waals surface area contributed by atoms with E-state index in [0.717, 1.165) is 25.7 Å². The Bertz CT molecular complexity index is 397. The number of rotatable bonds is 24. The lowest BCUT2D eigenvalue weighted by molar-refractivity contribution is -0.155. The second-order valence-corrected chi connectivity index (χ2v) is 8.59. The molecule has 0 aliphatic carbocycles. The maximum atomic E-state index is 11.6. The van der Waals surface area contributed by atoms with Crippen LogP contribution in [0.3, 0.4) is 0 Å². The van der Waals surface area contributed by atoms with Gasteiger partial charge in [-0.05, 0) is 12.8 Å². The van der Waals surface area contributed by atoms with Gasteiger partial charge in [0.2, 0.25) is 0 Å². The van der Waals surface area contributed by atoms with E-state index >= 15 is 0 Å². The van der Waals surface area contributed by atoms with Crippen LogP contribution in [0.5, 0.6) is 0 Å². The summed E-state index contributed by atoms with van der Waals surface area (Å²) in [4.78, 5) is 23.2. The van der Waals surface area contributed by atoms with E-state index < -0.39 is 11.9 Å². The fraction of sp³-hybridized carbons (Fsp3) is 0.923. The zero-order valence-corrected chi connectivity index (χ0v) is 20.6. The molecule has 0 saturated heterocycles. The highest BCUT2D eigenvalue weighted by atomic mass is 16.6. The van der Waals surface area contributed by atoms with Crippen molar-refractivity contribution in [2.45, 2.75) is 129 Å². The summed E-state index contributed by atoms with van der Waals surface area (Å²) in [7, 11) is 0. The highest BCUT2D eigenvalue weighted by Crippen LogP contribution is 2.10. The van der Waals surface area contributed by atoms with Crippen molar-refractivity contribution in [3.63, 3.8) is 0 Å². The third kappa shape index (κ3) is 25.0. The first kappa shape index (κ1) is 29.9. The smallest absolute Gasteiger partial charge is 0.332 e. The number of hydrogen-bond donors (Lipinski definition) is 0. The van der Waals surface area contributed by atoms with Crippen LogP contribution < -0.4 is 0 Å². The molecule has 0 aromatic heterocycles. The zero-order chi connectivity index (χ0) is 22.8. The van der Waals surface area contributed by atoms with Crippen LogP contribution in [0.15, 0.2) is 0 Å². The molecule has 0 spiro atoms. The Morgan fingerprint density at radius 3 is 1.06 bits per heavy atom. The van der Waals surface area contributed by atoms with Crippen LogP contribution in [0.2, 0.25) is 0 Å². The minimum atomic E-state index is -0.412. The van der Waals surface area contributed by atoms with Crippen molar-refractivity contribution in [1.29, 1.82) is 0 Å². The van der Waals surface area contributed by atoms with Crippen molar-refractivity contribution in [3.8, 4) is 0 Å². The summed E-state index contributed by atoms with van der Waals surface area (Å²) in [6.07, 6.45) is 22.1. The number of hydrogen-bond acceptors (Lipinski definition) is 5. The standard InChI is InChI=1S/C26H50O5/c1-3-5-7-9-11-13-14-16-18-20-22-31-26(28)24-29-23-25(27)30-21-19-17-15-12-10-8-6-4-2/h3-24H2,1-2H3. The number of carbonyl (C=O) groups is 2. The van der Waals surface area contributed by atoms with E-state index in [9.17, 15) is 9.59 Å². The second-order valence-electron chi connectivity index (χ2n) is 8.59. The SMILES string of the molecule is CCCCCCCCCCCCOC(=O)COCC(=O)OCCCCCCCCCC. The summed E-state index contributed by atoms with van der Waals surface area (Å²) in [5.41, 5.74) is 0. The normalized spacial score (nSPS) is 10.9. The first-order valence-electron chi connectivity index (χ1n) is 13.1. The molecule has 5 heteroatoms. The van der Waals surface area contributed by atoms with Gasteiger partial charge < -0.3 is 14.2 Å². The first-order chi connectivity index (χ1) is 15.2. The summed E-state index contributed by atoms with van der Waals surface area (Å²) in [6, 6.07) is 0. The number of ether oxygens (including phenoxy) is 3. The summed E-state index contributed by atoms with van der Waals surface area (Å²) in [5, 5.41) is 0. The van der Waals surface area contributed by atoms with E-state index in [0.29, 0.717) is 13.2 Å². The van der Waals surface area contributed by atoms with Gasteiger partial charge in [-0.25, -0.2) is 9.59 Å². The summed E-state index contributed by atoms with van der Waals surface area (Å²) in [5.74, 6) is -0.822. The molecule has 0 fully saturated rings. The van der Waals surface area contributed by atoms with Gasteiger partial charge >= 0.3 is 11.9 Å². The van der Waals surface area contributed by atoms with Crippen LogP contribution >= 0.6 is 0 Å². The van der Waals surface area contributed by atoms with Gasteiger partial charge in [-0.3, -0.25) is 0 Å². The van der Waals surface area contributed by atoms with E-state index in [-0.39, 0.29) is 13.2 Å². The Hall–Kier alpha value is -1.10. The molecule has 0 heterocycles. The monoisotopic (exact) mass is 442 g/mol. The maximum absolute atomic E-state index is 11.6. The van der Waals surface area contributed by atoms with E-state index in [1.54, 1.807) is 0 Å². The van der Waals surface area contributed by atoms with Crippen LogP contribution in [0.1, 0.15) is 129 Å². The molecule has 0 bridgehead atoms. The molecule has 0 aliphatic rings. The molecule has 0 rings (SSSR count). The first-order valence-corrected chi connectivity index (χ1v) is 13.1. The average molecular weight is 443 g/mol. The maximum Gasteiger partial charge on any atom is 0.332 e. The molecule has 0 unspecified atom stereocenters. The van der Waals surface area contributed by atoms with E-state index in [1.165, 1.54) is 89.9 Å². The van der Waals surface area contributed by atoms with Gasteiger partial charge in [0.15, 0.2) is 0 Å². The van der Waals surface area contributed by atoms with Crippen LogP contribution in [-0.2, 0) is 23.8 Å². The van der Waals surface area contributed by atoms with Crippen LogP contribution in [-0.4, -0.2) is 38.4 Å². The molecule has 184 valence electrons. The lowest BCUT2D eigenvalue weighted by Crippen LogP contribution is -2.19. The van der Waals surface area contributed by atoms with Crippen molar-refractivity contribution in [2.24, 2.45) is 0 Å². The van der Waals surface area contributed by atoms with Gasteiger partial charge in [0.1, 0.15) is 13.2 Å². The minimum absolute atomic E-state index is 0.190. The zero-order valence-electron chi connectivity index (χ0n) is 20.6. The highest BCUT2D eigenvalue weighted by Gasteiger charge is 2.07. The van der Waals surface area contributed by atoms with Gasteiger partial charge in [0.05, 0.1) is 13.2 Å². The van der Waals surface area contributed by atoms with Gasteiger partial charge in [-0.1, -0.05) is 117 Å². The Balaban J connectivity index is 3.29. The fourth-order valence-corrected chi connectivity index (χ4v) is 3.50. The molecule has 0 saturated carbocycles. The number of carbonyl (C=O) groups excluding carboxylic acids is 2. The predicted molar refractivity (Wildman–Crippen MR) is 127 cm³/mol. The minimum Gasteiger partial charge on any atom is -0.464 e. The van der Waals surface area contributed by atoms with Gasteiger partial charge in [-0.15, -0.1) is 0 Å². The van der Waals surface area contributed by atoms with Gasteiger partial charge in [-0.2, -0.15) is 0 Å². The predicted octanol–water partition coefficient (Wildman–Crippen LogP) is 7.15. The molecule has 0 amide bonds. The molecule has 0 radical (unpaired) electrons. The molecular weight excluding hydrogens is 392 g/mol. The molecule has 31 heavy (non-hydrogen) atoms. The van der Waals surface area contributed by atoms with Crippen LogP contribution in [0, 0.1) is 0 Å². The topological polar surface area (TPSA) is 61.8 Å². The lowest BCUT2D eigenvalue weighted by atomic mass is 10.1. The molecular formula is C26H50O5. The second kappa shape index (κ2) is 25.2. The van der Waals surface area contributed by atoms with Crippen molar-refractivity contribution < 1.29 is 23.8 Å². The van der Waals surface area contributed by atoms with Crippen molar-refractivity contribution in [2.75, 3.05) is 26.4 Å². The van der Waals surface area contributed by atoms with Crippen LogP contribution in [0.4, 0.5) is 0 Å². The summed E-state index contributed by atoms with van der Waals surface area (Å²) < 4.78 is 15.4. The van der Waals surface area contributed by atoms with E-state index in [4.69, 9.17) is 14.2 Å². The number of esters is 2. The van der Waals surface area contributed by atoms with Crippen molar-refractivity contribution in [3.05, 3.63) is 0 Å². The van der Waals surface area contributed by atoms with Crippen molar-refractivity contribution in [1.82, 2.24) is 0 Å². The lowest BCUT2D eigenvalue weighted by Gasteiger charge is -2.07. The molecule has 0 N–H and O–H groups in total. The molecule has 0 aromatic rings. The molecule has 0 aliphatic heterocycles. The van der Waals surface area contributed by atoms with E-state index in [2.05, 4.69) is 13.8 Å². The Morgan fingerprint density at radius 1 is 0.452 bits per heavy atom. The van der Waals surface area contributed by atoms with Crippen LogP contribution in [0.25, 0.3) is 0 Å². The molecule has 0 aromatic carbocycles. The third-order valence-corrected chi connectivity index (χ3v) is 5.46. The Labute approximate surface area is 192 Å². The van der Waals surface area contributed by atoms with E-state index in [1.807, 2.05) is 0 Å². The third-order valence-electron chi connectivity index (χ3n) is 5.46. The molecule has 0 atom stereocenters. The van der Waals surface area contributed by atoms with Gasteiger partial charge in [0.25, 0.3) is 0 Å². The fourth-order valence-electron chi connectivity index (χ4n) is 3.50. The molecule has 5 nitrogen and oxygen atoms in total. The Morgan fingerprint density at radius 2 is 0.742 bits per heavy atom. The van der Waals surface area contributed by atoms with Crippen molar-refractivity contribution >= 4 is 11.9 Å². The quantitative estimate of drug-likeness (QED) is 0.117. The summed E-state index contributed by atoms with van der Waals surface area (Å²) >= 11 is 0. The highest BCUT2D eigenvalue weighted by molar-refractivity contribution is 5.73. The Kier molecular flexibility index (Phi) is 24.3. The summed E-state index contributed by atoms with van der Waals surface area (Å²) in [6.45, 7) is 4.95. The van der Waals surface area contributed by atoms with Gasteiger partial charge in [0, 0.05) is 0 Å². The number of unbranched alkanes of at least 4 members (excludes halogenated alkanes) is 16. The average Bonchev–Trinajstić information content (AvgIpc) is 2.76. The largest absolute Gasteiger partial charge is 0.464 e.